The van der Waals surface area contributed by atoms with Gasteiger partial charge >= 0.3 is 6.18 Å². The van der Waals surface area contributed by atoms with Crippen LogP contribution in [-0.2, 0) is 19.6 Å². The Balaban J connectivity index is 1.38. The van der Waals surface area contributed by atoms with Crippen molar-refractivity contribution in [2.24, 2.45) is 5.92 Å². The van der Waals surface area contributed by atoms with Crippen molar-refractivity contribution in [2.75, 3.05) is 59.0 Å². The monoisotopic (exact) mass is 491 g/mol. The number of piperidine rings is 1. The summed E-state index contributed by atoms with van der Waals surface area (Å²) in [6, 6.07) is 6.78. The maximum Gasteiger partial charge on any atom is 0.411 e. The molecule has 0 saturated carbocycles. The molecule has 1 amide bonds. The lowest BCUT2D eigenvalue weighted by Crippen LogP contribution is -2.52. The zero-order chi connectivity index (χ0) is 24.1. The molecule has 3 rings (SSSR count). The van der Waals surface area contributed by atoms with Gasteiger partial charge < -0.3 is 9.64 Å². The molecule has 0 spiro atoms. The maximum atomic E-state index is 12.9. The van der Waals surface area contributed by atoms with Gasteiger partial charge in [-0.05, 0) is 38.3 Å². The van der Waals surface area contributed by atoms with E-state index in [9.17, 15) is 26.4 Å². The van der Waals surface area contributed by atoms with E-state index >= 15 is 0 Å². The Bertz CT molecular complexity index is 877. The number of benzene rings is 1. The van der Waals surface area contributed by atoms with Crippen LogP contribution >= 0.6 is 0 Å². The van der Waals surface area contributed by atoms with Crippen LogP contribution in [0.25, 0.3) is 0 Å². The number of hydrogen-bond acceptors (Lipinski definition) is 5. The van der Waals surface area contributed by atoms with Crippen LogP contribution in [0.3, 0.4) is 0 Å². The molecule has 11 heteroatoms. The Morgan fingerprint density at radius 3 is 2.21 bits per heavy atom. The van der Waals surface area contributed by atoms with Gasteiger partial charge in [0.25, 0.3) is 0 Å². The fourth-order valence-electron chi connectivity index (χ4n) is 4.23. The Kier molecular flexibility index (Phi) is 8.76. The van der Waals surface area contributed by atoms with Gasteiger partial charge in [0, 0.05) is 58.3 Å². The molecule has 2 fully saturated rings. The van der Waals surface area contributed by atoms with Gasteiger partial charge in [-0.3, -0.25) is 9.69 Å². The summed E-state index contributed by atoms with van der Waals surface area (Å²) in [4.78, 5) is 17.2. The summed E-state index contributed by atoms with van der Waals surface area (Å²) in [5.41, 5.74) is 0.994. The normalized spacial score (nSPS) is 19.7. The van der Waals surface area contributed by atoms with Crippen molar-refractivity contribution < 1.29 is 31.1 Å². The van der Waals surface area contributed by atoms with Crippen LogP contribution in [0.15, 0.2) is 29.2 Å². The second-order valence-electron chi connectivity index (χ2n) is 8.68. The van der Waals surface area contributed by atoms with Crippen molar-refractivity contribution in [3.05, 3.63) is 29.8 Å². The van der Waals surface area contributed by atoms with Crippen molar-refractivity contribution in [1.29, 1.82) is 0 Å². The van der Waals surface area contributed by atoms with Crippen molar-refractivity contribution in [3.8, 4) is 0 Å². The van der Waals surface area contributed by atoms with Crippen molar-refractivity contribution >= 4 is 15.9 Å². The van der Waals surface area contributed by atoms with Crippen molar-refractivity contribution in [3.63, 3.8) is 0 Å². The van der Waals surface area contributed by atoms with E-state index < -0.39 is 22.8 Å². The van der Waals surface area contributed by atoms with Crippen LogP contribution < -0.4 is 0 Å². The first-order valence-electron chi connectivity index (χ1n) is 11.3. The third-order valence-electron chi connectivity index (χ3n) is 6.17. The number of aryl methyl sites for hydroxylation is 1. The number of carbonyl (C=O) groups excluding carboxylic acids is 1. The van der Waals surface area contributed by atoms with Gasteiger partial charge in [0.05, 0.1) is 4.90 Å². The van der Waals surface area contributed by atoms with E-state index in [-0.39, 0.29) is 23.3 Å². The van der Waals surface area contributed by atoms with Crippen molar-refractivity contribution in [1.82, 2.24) is 14.1 Å². The second kappa shape index (κ2) is 11.2. The number of piperazine rings is 1. The van der Waals surface area contributed by atoms with E-state index in [1.54, 1.807) is 24.3 Å². The zero-order valence-electron chi connectivity index (χ0n) is 18.9. The molecule has 0 N–H and O–H groups in total. The molecule has 2 aliphatic heterocycles. The SMILES string of the molecule is Cc1ccc(S(=O)(=O)N2CCC(C(=O)N3CCN(CCCOCC(F)(F)F)CC3)CC2)cc1. The molecular formula is C22H32F3N3O4S. The molecule has 0 aromatic heterocycles. The Labute approximate surface area is 193 Å². The largest absolute Gasteiger partial charge is 0.411 e. The zero-order valence-corrected chi connectivity index (χ0v) is 19.7. The first-order chi connectivity index (χ1) is 15.6. The van der Waals surface area contributed by atoms with Crippen LogP contribution in [0, 0.1) is 12.8 Å². The predicted molar refractivity (Wildman–Crippen MR) is 117 cm³/mol. The van der Waals surface area contributed by atoms with Gasteiger partial charge in [-0.1, -0.05) is 17.7 Å². The van der Waals surface area contributed by atoms with E-state index in [1.807, 2.05) is 11.8 Å². The highest BCUT2D eigenvalue weighted by atomic mass is 32.2. The lowest BCUT2D eigenvalue weighted by atomic mass is 9.96. The minimum atomic E-state index is -4.30. The van der Waals surface area contributed by atoms with Crippen LogP contribution in [0.1, 0.15) is 24.8 Å². The summed E-state index contributed by atoms with van der Waals surface area (Å²) >= 11 is 0. The number of sulfonamides is 1. The van der Waals surface area contributed by atoms with Gasteiger partial charge in [0.15, 0.2) is 0 Å². The van der Waals surface area contributed by atoms with Gasteiger partial charge in [0.2, 0.25) is 15.9 Å². The summed E-state index contributed by atoms with van der Waals surface area (Å²) < 4.78 is 68.0. The molecule has 33 heavy (non-hydrogen) atoms. The highest BCUT2D eigenvalue weighted by Gasteiger charge is 2.34. The fourth-order valence-corrected chi connectivity index (χ4v) is 5.70. The summed E-state index contributed by atoms with van der Waals surface area (Å²) in [5, 5.41) is 0. The van der Waals surface area contributed by atoms with E-state index in [0.29, 0.717) is 65.1 Å². The summed E-state index contributed by atoms with van der Waals surface area (Å²) in [7, 11) is -3.55. The molecule has 0 radical (unpaired) electrons. The first kappa shape index (κ1) is 25.9. The third kappa shape index (κ3) is 7.40. The number of carbonyl (C=O) groups is 1. The third-order valence-corrected chi connectivity index (χ3v) is 8.09. The molecule has 2 heterocycles. The molecule has 0 aliphatic carbocycles. The van der Waals surface area contributed by atoms with Crippen LogP contribution in [0.4, 0.5) is 13.2 Å². The van der Waals surface area contributed by atoms with E-state index in [2.05, 4.69) is 9.64 Å². The van der Waals surface area contributed by atoms with E-state index in [0.717, 1.165) is 5.56 Å². The Morgan fingerprint density at radius 1 is 1.03 bits per heavy atom. The lowest BCUT2D eigenvalue weighted by Gasteiger charge is -2.38. The molecule has 186 valence electrons. The van der Waals surface area contributed by atoms with Gasteiger partial charge in [-0.25, -0.2) is 8.42 Å². The molecule has 1 aromatic rings. The number of hydrogen-bond donors (Lipinski definition) is 0. The second-order valence-corrected chi connectivity index (χ2v) is 10.6. The van der Waals surface area contributed by atoms with Crippen LogP contribution in [0.5, 0.6) is 0 Å². The first-order valence-corrected chi connectivity index (χ1v) is 12.7. The number of halogens is 3. The summed E-state index contributed by atoms with van der Waals surface area (Å²) in [5.74, 6) is -0.118. The highest BCUT2D eigenvalue weighted by Crippen LogP contribution is 2.26. The smallest absolute Gasteiger partial charge is 0.372 e. The van der Waals surface area contributed by atoms with Gasteiger partial charge in [-0.2, -0.15) is 17.5 Å². The number of rotatable bonds is 8. The summed E-state index contributed by atoms with van der Waals surface area (Å²) in [6.45, 7) is 4.51. The Hall–Kier alpha value is -1.69. The average Bonchev–Trinajstić information content (AvgIpc) is 2.78. The molecule has 0 bridgehead atoms. The number of ether oxygens (including phenoxy) is 1. The maximum absolute atomic E-state index is 12.9. The lowest BCUT2D eigenvalue weighted by molar-refractivity contribution is -0.174. The number of nitrogens with zero attached hydrogens (tertiary/aromatic N) is 3. The molecular weight excluding hydrogens is 459 g/mol. The van der Waals surface area contributed by atoms with Crippen LogP contribution in [-0.4, -0.2) is 93.6 Å². The number of amides is 1. The highest BCUT2D eigenvalue weighted by molar-refractivity contribution is 7.89. The predicted octanol–water partition coefficient (Wildman–Crippen LogP) is 2.51. The molecule has 2 saturated heterocycles. The van der Waals surface area contributed by atoms with E-state index in [1.165, 1.54) is 4.31 Å². The molecule has 0 atom stereocenters. The molecule has 1 aromatic carbocycles. The molecule has 7 nitrogen and oxygen atoms in total. The topological polar surface area (TPSA) is 70.2 Å². The molecule has 0 unspecified atom stereocenters. The quantitative estimate of drug-likeness (QED) is 0.523. The standard InChI is InChI=1S/C22H32F3N3O4S/c1-18-3-5-20(6-4-18)33(30,31)28-10-7-19(8-11-28)21(29)27-14-12-26(13-15-27)9-2-16-32-17-22(23,24)25/h3-6,19H,2,7-17H2,1H3. The minimum Gasteiger partial charge on any atom is -0.372 e. The van der Waals surface area contributed by atoms with Crippen LogP contribution in [0.2, 0.25) is 0 Å². The fraction of sp³-hybridized carbons (Fsp3) is 0.682. The van der Waals surface area contributed by atoms with Crippen molar-refractivity contribution in [2.45, 2.75) is 37.3 Å². The van der Waals surface area contributed by atoms with Gasteiger partial charge in [0.1, 0.15) is 6.61 Å². The van der Waals surface area contributed by atoms with E-state index in [4.69, 9.17) is 0 Å². The minimum absolute atomic E-state index is 0.0583. The Morgan fingerprint density at radius 2 is 1.64 bits per heavy atom. The summed E-state index contributed by atoms with van der Waals surface area (Å²) in [6.07, 6.45) is -2.79. The molecule has 2 aliphatic rings. The van der Waals surface area contributed by atoms with Gasteiger partial charge in [-0.15, -0.1) is 0 Å². The average molecular weight is 492 g/mol. The number of alkyl halides is 3.